The molecule has 6 rings (SSSR count). The van der Waals surface area contributed by atoms with Gasteiger partial charge < -0.3 is 16.4 Å². The highest BCUT2D eigenvalue weighted by atomic mass is 19.4. The van der Waals surface area contributed by atoms with Gasteiger partial charge in [0.2, 0.25) is 17.2 Å². The lowest BCUT2D eigenvalue weighted by Crippen LogP contribution is -2.62. The minimum Gasteiger partial charge on any atom is -0.384 e. The van der Waals surface area contributed by atoms with Gasteiger partial charge in [-0.2, -0.15) is 13.2 Å². The number of fused-ring (bicyclic) bond motifs is 1. The van der Waals surface area contributed by atoms with Crippen molar-refractivity contribution in [3.05, 3.63) is 71.7 Å². The van der Waals surface area contributed by atoms with E-state index in [0.29, 0.717) is 29.6 Å². The summed E-state index contributed by atoms with van der Waals surface area (Å²) in [5.74, 6) is 0.509. The molecular weight excluding hydrogens is 549 g/mol. The molecule has 2 fully saturated rings. The number of benzene rings is 1. The topological polar surface area (TPSA) is 130 Å². The van der Waals surface area contributed by atoms with E-state index in [0.717, 1.165) is 50.6 Å². The zero-order chi connectivity index (χ0) is 29.6. The third kappa shape index (κ3) is 5.11. The van der Waals surface area contributed by atoms with Gasteiger partial charge in [0, 0.05) is 23.2 Å². The number of likely N-dealkylation sites (tertiary alicyclic amines) is 1. The van der Waals surface area contributed by atoms with Gasteiger partial charge in [0.15, 0.2) is 0 Å². The van der Waals surface area contributed by atoms with Crippen LogP contribution in [0.15, 0.2) is 60.0 Å². The van der Waals surface area contributed by atoms with Gasteiger partial charge in [0.1, 0.15) is 11.7 Å². The molecule has 1 aromatic carbocycles. The van der Waals surface area contributed by atoms with E-state index in [9.17, 15) is 22.8 Å². The number of nitrogens with one attached hydrogen (secondary N) is 2. The number of carbonyl (C=O) groups is 2. The van der Waals surface area contributed by atoms with Gasteiger partial charge in [-0.3, -0.25) is 9.59 Å². The molecule has 2 unspecified atom stereocenters. The number of amidine groups is 1. The van der Waals surface area contributed by atoms with Crippen LogP contribution in [-0.2, 0) is 11.0 Å². The van der Waals surface area contributed by atoms with E-state index in [1.165, 1.54) is 0 Å². The Morgan fingerprint density at radius 3 is 2.62 bits per heavy atom. The molecule has 1 aliphatic carbocycles. The molecule has 2 atom stereocenters. The summed E-state index contributed by atoms with van der Waals surface area (Å²) in [6.45, 7) is 3.31. The largest absolute Gasteiger partial charge is 0.449 e. The van der Waals surface area contributed by atoms with Crippen LogP contribution in [0.25, 0.3) is 0 Å². The first-order valence-electron chi connectivity index (χ1n) is 13.8. The molecule has 0 radical (unpaired) electrons. The van der Waals surface area contributed by atoms with Gasteiger partial charge in [-0.25, -0.2) is 24.4 Å². The molecule has 2 amide bonds. The van der Waals surface area contributed by atoms with E-state index in [4.69, 9.17) is 10.4 Å². The van der Waals surface area contributed by atoms with Crippen molar-refractivity contribution in [1.29, 1.82) is 0 Å². The number of piperidine rings is 1. The van der Waals surface area contributed by atoms with Crippen LogP contribution < -0.4 is 21.0 Å². The van der Waals surface area contributed by atoms with Crippen molar-refractivity contribution in [2.75, 3.05) is 18.4 Å². The standard InChI is InChI=1S/C29H29F3N8O2/c1-28-23(17-4-6-19(7-5-17)25(42)37-22-15-20(10-11-34-22)29(30,31)32)38-27(40(28)14-12-35-26(28)33)39-13-2-3-21(16-39)36-24(41)18-8-9-18/h4-7,10-12,14-15,18,21H,2-3,8-9,13,16H2,1H3,(H3-,33,34,35,36,37,41,42)/p+1. The predicted octanol–water partition coefficient (Wildman–Crippen LogP) is 2.47. The number of hydrogen-bond donors (Lipinski definition) is 3. The summed E-state index contributed by atoms with van der Waals surface area (Å²) in [4.78, 5) is 37.5. The molecule has 3 aliphatic heterocycles. The Balaban J connectivity index is 1.25. The number of anilines is 1. The maximum atomic E-state index is 13.0. The lowest BCUT2D eigenvalue weighted by atomic mass is 9.87. The second kappa shape index (κ2) is 10.3. The van der Waals surface area contributed by atoms with Gasteiger partial charge in [0.05, 0.1) is 37.1 Å². The number of aliphatic imine (C=N–C) groups is 1. The monoisotopic (exact) mass is 579 g/mol. The molecule has 10 nitrogen and oxygen atoms in total. The van der Waals surface area contributed by atoms with Crippen LogP contribution in [-0.4, -0.2) is 68.8 Å². The molecule has 218 valence electrons. The van der Waals surface area contributed by atoms with E-state index in [1.807, 2.05) is 18.0 Å². The Kier molecular flexibility index (Phi) is 6.77. The number of guanidine groups is 1. The van der Waals surface area contributed by atoms with Crippen molar-refractivity contribution < 1.29 is 22.8 Å². The van der Waals surface area contributed by atoms with Crippen LogP contribution in [0.2, 0.25) is 0 Å². The quantitative estimate of drug-likeness (QED) is 0.467. The number of aromatic nitrogens is 1. The van der Waals surface area contributed by atoms with Crippen LogP contribution >= 0.6 is 0 Å². The molecule has 1 saturated heterocycles. The van der Waals surface area contributed by atoms with E-state index in [2.05, 4.69) is 25.5 Å². The minimum atomic E-state index is -4.55. The fourth-order valence-electron chi connectivity index (χ4n) is 5.50. The number of alkyl halides is 3. The summed E-state index contributed by atoms with van der Waals surface area (Å²) >= 11 is 0. The van der Waals surface area contributed by atoms with Crippen molar-refractivity contribution in [2.24, 2.45) is 16.6 Å². The Labute approximate surface area is 239 Å². The molecule has 42 heavy (non-hydrogen) atoms. The fourth-order valence-corrected chi connectivity index (χ4v) is 5.50. The summed E-state index contributed by atoms with van der Waals surface area (Å²) < 4.78 is 44.2. The molecule has 4 aliphatic rings. The Bertz CT molecular complexity index is 1560. The predicted molar refractivity (Wildman–Crippen MR) is 151 cm³/mol. The maximum Gasteiger partial charge on any atom is 0.449 e. The van der Waals surface area contributed by atoms with Crippen LogP contribution in [0.5, 0.6) is 0 Å². The molecule has 4 N–H and O–H groups in total. The van der Waals surface area contributed by atoms with Crippen LogP contribution in [0.3, 0.4) is 0 Å². The first-order valence-corrected chi connectivity index (χ1v) is 13.8. The number of pyridine rings is 1. The Hall–Kier alpha value is -4.64. The minimum absolute atomic E-state index is 0.0220. The average Bonchev–Trinajstić information content (AvgIpc) is 3.77. The van der Waals surface area contributed by atoms with E-state index in [-0.39, 0.29) is 29.2 Å². The van der Waals surface area contributed by atoms with Crippen molar-refractivity contribution in [3.8, 4) is 0 Å². The van der Waals surface area contributed by atoms with Gasteiger partial charge in [-0.05, 0) is 69.0 Å². The summed E-state index contributed by atoms with van der Waals surface area (Å²) in [6, 6.07) is 8.24. The highest BCUT2D eigenvalue weighted by Gasteiger charge is 2.57. The SMILES string of the molecule is CC12C(N)=NC=CN1C(N1CCCC(NC(=O)C3CC3)C1)=[N+]=C2c1ccc(C(=O)Nc2cc(C(F)(F)F)ccn2)cc1. The molecule has 0 spiro atoms. The summed E-state index contributed by atoms with van der Waals surface area (Å²) in [5.41, 5.74) is 6.23. The van der Waals surface area contributed by atoms with Gasteiger partial charge in [0.25, 0.3) is 5.91 Å². The van der Waals surface area contributed by atoms with Crippen LogP contribution in [0.1, 0.15) is 54.1 Å². The maximum absolute atomic E-state index is 13.0. The zero-order valence-corrected chi connectivity index (χ0v) is 22.9. The summed E-state index contributed by atoms with van der Waals surface area (Å²) in [7, 11) is 0. The van der Waals surface area contributed by atoms with Gasteiger partial charge in [-0.15, -0.1) is 0 Å². The lowest BCUT2D eigenvalue weighted by molar-refractivity contribution is -0.137. The van der Waals surface area contributed by atoms with Crippen molar-refractivity contribution in [2.45, 2.75) is 50.4 Å². The van der Waals surface area contributed by atoms with Crippen LogP contribution in [0.4, 0.5) is 19.0 Å². The Morgan fingerprint density at radius 1 is 1.14 bits per heavy atom. The van der Waals surface area contributed by atoms with Crippen molar-refractivity contribution in [1.82, 2.24) is 24.8 Å². The average molecular weight is 580 g/mol. The lowest BCUT2D eigenvalue weighted by Gasteiger charge is -2.35. The molecule has 4 heterocycles. The number of nitrogens with two attached hydrogens (primary N) is 1. The third-order valence-electron chi connectivity index (χ3n) is 8.05. The number of hydrogen-bond acceptors (Lipinski definition) is 7. The number of rotatable bonds is 5. The molecule has 1 aromatic heterocycles. The molecule has 1 saturated carbocycles. The van der Waals surface area contributed by atoms with E-state index >= 15 is 0 Å². The molecular formula is C29H30F3N8O2+. The molecule has 0 bridgehead atoms. The number of nitrogens with zero attached hydrogens (tertiary/aromatic N) is 5. The highest BCUT2D eigenvalue weighted by Crippen LogP contribution is 2.32. The summed E-state index contributed by atoms with van der Waals surface area (Å²) in [5, 5.41) is 5.61. The molecule has 13 heteroatoms. The summed E-state index contributed by atoms with van der Waals surface area (Å²) in [6.07, 6.45) is 3.60. The van der Waals surface area contributed by atoms with Crippen molar-refractivity contribution in [3.63, 3.8) is 0 Å². The van der Waals surface area contributed by atoms with E-state index in [1.54, 1.807) is 30.5 Å². The number of amides is 2. The fraction of sp³-hybridized carbons (Fsp3) is 0.379. The second-order valence-electron chi connectivity index (χ2n) is 11.0. The van der Waals surface area contributed by atoms with Gasteiger partial charge in [-0.1, -0.05) is 0 Å². The smallest absolute Gasteiger partial charge is 0.384 e. The highest BCUT2D eigenvalue weighted by molar-refractivity contribution is 6.26. The zero-order valence-electron chi connectivity index (χ0n) is 22.9. The van der Waals surface area contributed by atoms with E-state index < -0.39 is 23.2 Å². The molecule has 2 aromatic rings. The Morgan fingerprint density at radius 2 is 1.90 bits per heavy atom. The normalized spacial score (nSPS) is 23.5. The first kappa shape index (κ1) is 27.5. The second-order valence-corrected chi connectivity index (χ2v) is 11.0. The van der Waals surface area contributed by atoms with Crippen molar-refractivity contribution >= 4 is 35.1 Å². The third-order valence-corrected chi connectivity index (χ3v) is 8.05. The first-order chi connectivity index (χ1) is 20.0. The van der Waals surface area contributed by atoms with Gasteiger partial charge >= 0.3 is 12.1 Å². The van der Waals surface area contributed by atoms with Crippen LogP contribution in [0, 0.1) is 5.92 Å². The number of carbonyl (C=O) groups excluding carboxylic acids is 2. The number of halogens is 3.